The molecule has 2 heterocycles. The molecule has 0 aliphatic carbocycles. The van der Waals surface area contributed by atoms with Gasteiger partial charge in [0.2, 0.25) is 0 Å². The summed E-state index contributed by atoms with van der Waals surface area (Å²) in [4.78, 5) is 37.4. The van der Waals surface area contributed by atoms with Crippen molar-refractivity contribution in [1.29, 1.82) is 0 Å². The van der Waals surface area contributed by atoms with E-state index in [2.05, 4.69) is 0 Å². The van der Waals surface area contributed by atoms with Crippen molar-refractivity contribution in [2.45, 2.75) is 6.92 Å². The van der Waals surface area contributed by atoms with Crippen LogP contribution in [0, 0.1) is 24.4 Å². The fourth-order valence-corrected chi connectivity index (χ4v) is 3.37. The molecule has 0 spiro atoms. The highest BCUT2D eigenvalue weighted by Crippen LogP contribution is 2.37. The SMILES string of the molecule is Cc1ccoc1C(=O)Nc1cc(F)c(N2C(=O)c3cccc(Cl)c3C2=O)c(F)c1F. The molecule has 0 saturated heterocycles. The highest BCUT2D eigenvalue weighted by molar-refractivity contribution is 6.42. The van der Waals surface area contributed by atoms with Crippen molar-refractivity contribution in [3.05, 3.63) is 81.5 Å². The number of rotatable bonds is 3. The number of carbonyl (C=O) groups is 3. The summed E-state index contributed by atoms with van der Waals surface area (Å²) in [6.07, 6.45) is 1.22. The summed E-state index contributed by atoms with van der Waals surface area (Å²) in [5, 5.41) is 1.91. The van der Waals surface area contributed by atoms with Crippen molar-refractivity contribution in [1.82, 2.24) is 0 Å². The van der Waals surface area contributed by atoms with Crippen LogP contribution >= 0.6 is 11.6 Å². The normalized spacial score (nSPS) is 13.0. The number of anilines is 2. The van der Waals surface area contributed by atoms with Gasteiger partial charge >= 0.3 is 0 Å². The van der Waals surface area contributed by atoms with E-state index < -0.39 is 46.5 Å². The number of imide groups is 1. The van der Waals surface area contributed by atoms with Crippen LogP contribution in [0.25, 0.3) is 0 Å². The number of halogens is 4. The molecular formula is C20H10ClF3N2O4. The van der Waals surface area contributed by atoms with Gasteiger partial charge in [-0.2, -0.15) is 0 Å². The number of hydrogen-bond acceptors (Lipinski definition) is 4. The zero-order valence-electron chi connectivity index (χ0n) is 15.1. The van der Waals surface area contributed by atoms with Crippen LogP contribution in [0.2, 0.25) is 5.02 Å². The van der Waals surface area contributed by atoms with E-state index in [1.54, 1.807) is 6.92 Å². The second-order valence-electron chi connectivity index (χ2n) is 6.38. The van der Waals surface area contributed by atoms with Gasteiger partial charge in [-0.05, 0) is 25.1 Å². The van der Waals surface area contributed by atoms with Crippen molar-refractivity contribution in [3.8, 4) is 0 Å². The molecule has 1 aliphatic rings. The molecule has 0 unspecified atom stereocenters. The molecule has 2 aromatic carbocycles. The minimum absolute atomic E-state index is 0.0904. The summed E-state index contributed by atoms with van der Waals surface area (Å²) in [5.41, 5.74) is -2.02. The Morgan fingerprint density at radius 3 is 2.47 bits per heavy atom. The van der Waals surface area contributed by atoms with E-state index in [-0.39, 0.29) is 26.8 Å². The van der Waals surface area contributed by atoms with Gasteiger partial charge in [0, 0.05) is 11.6 Å². The van der Waals surface area contributed by atoms with Crippen LogP contribution < -0.4 is 10.2 Å². The van der Waals surface area contributed by atoms with E-state index in [0.29, 0.717) is 11.6 Å². The van der Waals surface area contributed by atoms with Gasteiger partial charge in [-0.1, -0.05) is 17.7 Å². The number of carbonyl (C=O) groups excluding carboxylic acids is 3. The fourth-order valence-electron chi connectivity index (χ4n) is 3.11. The Morgan fingerprint density at radius 2 is 1.83 bits per heavy atom. The Labute approximate surface area is 171 Å². The van der Waals surface area contributed by atoms with Crippen LogP contribution in [0.5, 0.6) is 0 Å². The predicted octanol–water partition coefficient (Wildman–Crippen LogP) is 4.71. The summed E-state index contributed by atoms with van der Waals surface area (Å²) < 4.78 is 49.0. The summed E-state index contributed by atoms with van der Waals surface area (Å²) >= 11 is 5.92. The largest absolute Gasteiger partial charge is 0.459 e. The molecular weight excluding hydrogens is 425 g/mol. The van der Waals surface area contributed by atoms with Crippen molar-refractivity contribution < 1.29 is 32.0 Å². The average Bonchev–Trinajstić information content (AvgIpc) is 3.23. The van der Waals surface area contributed by atoms with Gasteiger partial charge in [-0.15, -0.1) is 0 Å². The first-order valence-electron chi connectivity index (χ1n) is 8.42. The molecule has 0 radical (unpaired) electrons. The Kier molecular flexibility index (Phi) is 4.62. The third-order valence-electron chi connectivity index (χ3n) is 4.54. The molecule has 0 atom stereocenters. The molecule has 0 saturated carbocycles. The molecule has 6 nitrogen and oxygen atoms in total. The molecule has 152 valence electrons. The lowest BCUT2D eigenvalue weighted by atomic mass is 10.1. The molecule has 3 amide bonds. The highest BCUT2D eigenvalue weighted by atomic mass is 35.5. The lowest BCUT2D eigenvalue weighted by Gasteiger charge is -2.17. The maximum Gasteiger partial charge on any atom is 0.291 e. The topological polar surface area (TPSA) is 79.6 Å². The van der Waals surface area contributed by atoms with Crippen LogP contribution in [0.3, 0.4) is 0 Å². The van der Waals surface area contributed by atoms with Crippen LogP contribution in [0.1, 0.15) is 36.8 Å². The maximum atomic E-state index is 14.7. The van der Waals surface area contributed by atoms with Gasteiger partial charge in [0.1, 0.15) is 5.69 Å². The number of nitrogens with zero attached hydrogens (tertiary/aromatic N) is 1. The van der Waals surface area contributed by atoms with Crippen LogP contribution in [-0.2, 0) is 0 Å². The smallest absolute Gasteiger partial charge is 0.291 e. The van der Waals surface area contributed by atoms with Gasteiger partial charge in [-0.25, -0.2) is 18.1 Å². The number of benzene rings is 2. The molecule has 0 fully saturated rings. The summed E-state index contributed by atoms with van der Waals surface area (Å²) in [6, 6.07) is 5.92. The van der Waals surface area contributed by atoms with Crippen LogP contribution in [0.4, 0.5) is 24.5 Å². The monoisotopic (exact) mass is 434 g/mol. The predicted molar refractivity (Wildman–Crippen MR) is 100 cm³/mol. The standard InChI is InChI=1S/C20H10ClF3N2O4/c1-8-5-6-30-17(8)18(27)25-12-7-11(22)16(15(24)14(12)23)26-19(28)9-3-2-4-10(21)13(9)20(26)29/h2-7H,1H3,(H,25,27). The van der Waals surface area contributed by atoms with Gasteiger partial charge < -0.3 is 9.73 Å². The lowest BCUT2D eigenvalue weighted by Crippen LogP contribution is -2.32. The summed E-state index contributed by atoms with van der Waals surface area (Å²) in [7, 11) is 0. The lowest BCUT2D eigenvalue weighted by molar-refractivity contribution is 0.0921. The Hall–Kier alpha value is -3.59. The quantitative estimate of drug-likeness (QED) is 0.478. The second kappa shape index (κ2) is 7.03. The second-order valence-corrected chi connectivity index (χ2v) is 6.78. The molecule has 1 N–H and O–H groups in total. The van der Waals surface area contributed by atoms with E-state index in [1.807, 2.05) is 5.32 Å². The number of amides is 3. The van der Waals surface area contributed by atoms with E-state index in [9.17, 15) is 27.6 Å². The van der Waals surface area contributed by atoms with Gasteiger partial charge in [0.15, 0.2) is 23.2 Å². The minimum atomic E-state index is -1.83. The van der Waals surface area contributed by atoms with Crippen LogP contribution in [0.15, 0.2) is 41.0 Å². The van der Waals surface area contributed by atoms with Gasteiger partial charge in [-0.3, -0.25) is 14.4 Å². The Morgan fingerprint density at radius 1 is 1.10 bits per heavy atom. The van der Waals surface area contributed by atoms with Gasteiger partial charge in [0.05, 0.1) is 28.1 Å². The molecule has 10 heteroatoms. The molecule has 4 rings (SSSR count). The zero-order valence-corrected chi connectivity index (χ0v) is 15.8. The minimum Gasteiger partial charge on any atom is -0.459 e. The Bertz CT molecular complexity index is 1260. The third-order valence-corrected chi connectivity index (χ3v) is 4.85. The third kappa shape index (κ3) is 2.86. The zero-order chi connectivity index (χ0) is 21.7. The average molecular weight is 435 g/mol. The molecule has 30 heavy (non-hydrogen) atoms. The number of hydrogen-bond donors (Lipinski definition) is 1. The molecule has 3 aromatic rings. The van der Waals surface area contributed by atoms with Gasteiger partial charge in [0.25, 0.3) is 17.7 Å². The molecule has 0 bridgehead atoms. The maximum absolute atomic E-state index is 14.7. The van der Waals surface area contributed by atoms with Crippen LogP contribution in [-0.4, -0.2) is 17.7 Å². The first kappa shape index (κ1) is 19.7. The number of aryl methyl sites for hydroxylation is 1. The van der Waals surface area contributed by atoms with E-state index in [4.69, 9.17) is 16.0 Å². The first-order chi connectivity index (χ1) is 14.2. The fraction of sp³-hybridized carbons (Fsp3) is 0.0500. The van der Waals surface area contributed by atoms with E-state index in [0.717, 1.165) is 0 Å². The number of fused-ring (bicyclic) bond motifs is 1. The number of furan rings is 1. The highest BCUT2D eigenvalue weighted by Gasteiger charge is 2.42. The summed E-state index contributed by atoms with van der Waals surface area (Å²) in [5.74, 6) is -8.19. The first-order valence-corrected chi connectivity index (χ1v) is 8.80. The number of nitrogens with one attached hydrogen (secondary N) is 1. The van der Waals surface area contributed by atoms with Crippen molar-refractivity contribution >= 4 is 40.7 Å². The van der Waals surface area contributed by atoms with Crippen molar-refractivity contribution in [3.63, 3.8) is 0 Å². The molecule has 1 aromatic heterocycles. The van der Waals surface area contributed by atoms with Crippen molar-refractivity contribution in [2.24, 2.45) is 0 Å². The Balaban J connectivity index is 1.75. The van der Waals surface area contributed by atoms with Crippen molar-refractivity contribution in [2.75, 3.05) is 10.2 Å². The van der Waals surface area contributed by atoms with E-state index >= 15 is 0 Å². The van der Waals surface area contributed by atoms with E-state index in [1.165, 1.54) is 30.5 Å². The molecule has 1 aliphatic heterocycles. The summed E-state index contributed by atoms with van der Waals surface area (Å²) in [6.45, 7) is 1.55.